The molecule has 8 heteroatoms. The van der Waals surface area contributed by atoms with Crippen LogP contribution in [0.25, 0.3) is 0 Å². The summed E-state index contributed by atoms with van der Waals surface area (Å²) in [6.07, 6.45) is 0.199. The number of nitro benzene ring substituents is 1. The smallest absolute Gasteiger partial charge is 0.410 e. The number of nitro groups is 1. The van der Waals surface area contributed by atoms with Gasteiger partial charge in [0.25, 0.3) is 5.69 Å². The van der Waals surface area contributed by atoms with E-state index in [9.17, 15) is 19.7 Å². The summed E-state index contributed by atoms with van der Waals surface area (Å²) in [4.78, 5) is 35.1. The van der Waals surface area contributed by atoms with Crippen molar-refractivity contribution in [2.75, 3.05) is 6.54 Å². The predicted molar refractivity (Wildman–Crippen MR) is 74.8 cm³/mol. The lowest BCUT2D eigenvalue weighted by Crippen LogP contribution is -2.41. The van der Waals surface area contributed by atoms with Gasteiger partial charge in [0.2, 0.25) is 5.12 Å². The number of fused-ring (bicyclic) bond motifs is 2. The summed E-state index contributed by atoms with van der Waals surface area (Å²) in [5, 5.41) is 10.8. The van der Waals surface area contributed by atoms with E-state index in [1.165, 1.54) is 28.8 Å². The Morgan fingerprint density at radius 3 is 2.71 bits per heavy atom. The molecule has 2 aliphatic rings. The maximum absolute atomic E-state index is 12.0. The molecule has 0 aromatic heterocycles. The second-order valence-electron chi connectivity index (χ2n) is 4.94. The lowest BCUT2D eigenvalue weighted by Gasteiger charge is -2.24. The van der Waals surface area contributed by atoms with Crippen LogP contribution in [0.2, 0.25) is 0 Å². The van der Waals surface area contributed by atoms with Crippen LogP contribution < -0.4 is 0 Å². The maximum atomic E-state index is 12.0. The summed E-state index contributed by atoms with van der Waals surface area (Å²) in [5.41, 5.74) is 0.656. The van der Waals surface area contributed by atoms with Gasteiger partial charge in [0, 0.05) is 23.9 Å². The Hall–Kier alpha value is -2.09. The van der Waals surface area contributed by atoms with Gasteiger partial charge < -0.3 is 4.74 Å². The molecule has 2 aliphatic heterocycles. The van der Waals surface area contributed by atoms with Gasteiger partial charge in [0.1, 0.15) is 12.6 Å². The van der Waals surface area contributed by atoms with Gasteiger partial charge in [-0.05, 0) is 24.1 Å². The highest BCUT2D eigenvalue weighted by Gasteiger charge is 2.47. The first kappa shape index (κ1) is 13.9. The highest BCUT2D eigenvalue weighted by atomic mass is 32.2. The standard InChI is InChI=1S/C13H12N2O5S/c16-12-11-5-10(21-12)6-14(11)13(17)20-7-8-1-3-9(4-2-8)15(18)19/h1-4,10-11H,5-7H2/t10-,11-/m1/s1. The van der Waals surface area contributed by atoms with Gasteiger partial charge in [-0.2, -0.15) is 0 Å². The number of thioether (sulfide) groups is 1. The van der Waals surface area contributed by atoms with Crippen LogP contribution in [-0.2, 0) is 16.1 Å². The molecule has 0 unspecified atom stereocenters. The van der Waals surface area contributed by atoms with Gasteiger partial charge in [0.05, 0.1) is 4.92 Å². The average molecular weight is 308 g/mol. The van der Waals surface area contributed by atoms with E-state index < -0.39 is 11.0 Å². The Labute approximate surface area is 124 Å². The van der Waals surface area contributed by atoms with Gasteiger partial charge in [0.15, 0.2) is 0 Å². The largest absolute Gasteiger partial charge is 0.445 e. The molecule has 2 saturated heterocycles. The van der Waals surface area contributed by atoms with Crippen molar-refractivity contribution < 1.29 is 19.2 Å². The molecule has 3 rings (SSSR count). The molecule has 2 bridgehead atoms. The van der Waals surface area contributed by atoms with Gasteiger partial charge in [-0.25, -0.2) is 4.79 Å². The molecule has 21 heavy (non-hydrogen) atoms. The third-order valence-corrected chi connectivity index (χ3v) is 4.74. The number of ether oxygens (including phenoxy) is 1. The highest BCUT2D eigenvalue weighted by molar-refractivity contribution is 8.14. The minimum absolute atomic E-state index is 0.00968. The van der Waals surface area contributed by atoms with E-state index in [2.05, 4.69) is 0 Å². The summed E-state index contributed by atoms with van der Waals surface area (Å²) in [5.74, 6) is 0. The third kappa shape index (κ3) is 2.71. The molecule has 7 nitrogen and oxygen atoms in total. The van der Waals surface area contributed by atoms with E-state index in [-0.39, 0.29) is 28.7 Å². The van der Waals surface area contributed by atoms with Crippen molar-refractivity contribution in [3.8, 4) is 0 Å². The first-order valence-electron chi connectivity index (χ1n) is 6.42. The summed E-state index contributed by atoms with van der Waals surface area (Å²) >= 11 is 1.30. The fourth-order valence-corrected chi connectivity index (χ4v) is 3.72. The van der Waals surface area contributed by atoms with E-state index in [4.69, 9.17) is 4.74 Å². The molecule has 0 aliphatic carbocycles. The Bertz CT molecular complexity index is 603. The average Bonchev–Trinajstić information content (AvgIpc) is 3.04. The lowest BCUT2D eigenvalue weighted by molar-refractivity contribution is -0.384. The molecule has 0 saturated carbocycles. The molecule has 1 aromatic carbocycles. The van der Waals surface area contributed by atoms with E-state index in [1.54, 1.807) is 12.1 Å². The van der Waals surface area contributed by atoms with Crippen molar-refractivity contribution in [1.29, 1.82) is 0 Å². The van der Waals surface area contributed by atoms with Crippen LogP contribution in [0.3, 0.4) is 0 Å². The summed E-state index contributed by atoms with van der Waals surface area (Å²) < 4.78 is 5.17. The van der Waals surface area contributed by atoms with Crippen molar-refractivity contribution in [2.45, 2.75) is 24.3 Å². The van der Waals surface area contributed by atoms with Gasteiger partial charge >= 0.3 is 6.09 Å². The molecule has 2 heterocycles. The monoisotopic (exact) mass is 308 g/mol. The quantitative estimate of drug-likeness (QED) is 0.626. The summed E-state index contributed by atoms with van der Waals surface area (Å²) in [6, 6.07) is 5.46. The van der Waals surface area contributed by atoms with E-state index >= 15 is 0 Å². The van der Waals surface area contributed by atoms with Crippen molar-refractivity contribution in [3.05, 3.63) is 39.9 Å². The summed E-state index contributed by atoms with van der Waals surface area (Å²) in [7, 11) is 0. The minimum Gasteiger partial charge on any atom is -0.445 e. The molecule has 1 amide bonds. The van der Waals surface area contributed by atoms with Gasteiger partial charge in [-0.15, -0.1) is 0 Å². The number of likely N-dealkylation sites (tertiary alicyclic amines) is 1. The number of benzene rings is 1. The van der Waals surface area contributed by atoms with E-state index in [0.29, 0.717) is 18.5 Å². The number of carbonyl (C=O) groups excluding carboxylic acids is 2. The van der Waals surface area contributed by atoms with Crippen LogP contribution in [0.5, 0.6) is 0 Å². The molecule has 110 valence electrons. The topological polar surface area (TPSA) is 89.8 Å². The Kier molecular flexibility index (Phi) is 3.54. The normalized spacial score (nSPS) is 23.4. The molecule has 0 radical (unpaired) electrons. The van der Waals surface area contributed by atoms with Crippen molar-refractivity contribution in [3.63, 3.8) is 0 Å². The van der Waals surface area contributed by atoms with Gasteiger partial charge in [-0.3, -0.25) is 19.8 Å². The van der Waals surface area contributed by atoms with E-state index in [1.807, 2.05) is 0 Å². The van der Waals surface area contributed by atoms with Crippen LogP contribution in [0.4, 0.5) is 10.5 Å². The number of rotatable bonds is 3. The second-order valence-corrected chi connectivity index (χ2v) is 6.25. The minimum atomic E-state index is -0.505. The molecule has 2 fully saturated rings. The fraction of sp³-hybridized carbons (Fsp3) is 0.385. The molecular formula is C13H12N2O5S. The van der Waals surface area contributed by atoms with Crippen LogP contribution >= 0.6 is 11.8 Å². The zero-order valence-corrected chi connectivity index (χ0v) is 11.7. The Morgan fingerprint density at radius 1 is 1.43 bits per heavy atom. The SMILES string of the molecule is O=C1S[C@@H]2C[C@H]1N(C(=O)OCc1ccc([N+](=O)[O-])cc1)C2. The van der Waals surface area contributed by atoms with Crippen LogP contribution in [0.15, 0.2) is 24.3 Å². The van der Waals surface area contributed by atoms with Gasteiger partial charge in [-0.1, -0.05) is 11.8 Å². The van der Waals surface area contributed by atoms with Crippen molar-refractivity contribution in [2.24, 2.45) is 0 Å². The molecule has 0 spiro atoms. The number of hydrogen-bond acceptors (Lipinski definition) is 6. The van der Waals surface area contributed by atoms with Crippen LogP contribution in [0, 0.1) is 10.1 Å². The lowest BCUT2D eigenvalue weighted by atomic mass is 10.2. The number of hydrogen-bond donors (Lipinski definition) is 0. The maximum Gasteiger partial charge on any atom is 0.410 e. The number of carbonyl (C=O) groups is 2. The first-order chi connectivity index (χ1) is 10.0. The zero-order valence-electron chi connectivity index (χ0n) is 10.9. The number of amides is 1. The van der Waals surface area contributed by atoms with Crippen LogP contribution in [0.1, 0.15) is 12.0 Å². The zero-order chi connectivity index (χ0) is 15.0. The number of non-ortho nitro benzene ring substituents is 1. The Balaban J connectivity index is 1.56. The predicted octanol–water partition coefficient (Wildman–Crippen LogP) is 1.95. The number of nitrogens with zero attached hydrogens (tertiary/aromatic N) is 2. The molecule has 1 aromatic rings. The highest BCUT2D eigenvalue weighted by Crippen LogP contribution is 2.39. The van der Waals surface area contributed by atoms with Crippen molar-refractivity contribution >= 4 is 28.7 Å². The van der Waals surface area contributed by atoms with Crippen molar-refractivity contribution in [1.82, 2.24) is 4.90 Å². The second kappa shape index (κ2) is 5.36. The van der Waals surface area contributed by atoms with Crippen LogP contribution in [-0.4, -0.2) is 38.9 Å². The Morgan fingerprint density at radius 2 is 2.14 bits per heavy atom. The molecule has 2 atom stereocenters. The van der Waals surface area contributed by atoms with E-state index in [0.717, 1.165) is 0 Å². The fourth-order valence-electron chi connectivity index (χ4n) is 2.49. The molecular weight excluding hydrogens is 296 g/mol. The third-order valence-electron chi connectivity index (χ3n) is 3.56. The summed E-state index contributed by atoms with van der Waals surface area (Å²) in [6.45, 7) is 0.576. The molecule has 0 N–H and O–H groups in total. The first-order valence-corrected chi connectivity index (χ1v) is 7.30.